The third kappa shape index (κ3) is 3.67. The Balaban J connectivity index is 0.00000182. The largest absolute Gasteiger partial charge is 0.339 e. The Kier molecular flexibility index (Phi) is 5.64. The van der Waals surface area contributed by atoms with Crippen LogP contribution in [0.1, 0.15) is 42.5 Å². The van der Waals surface area contributed by atoms with E-state index >= 15 is 0 Å². The predicted molar refractivity (Wildman–Crippen MR) is 98.9 cm³/mol. The molecule has 3 aliphatic heterocycles. The molecule has 0 radical (unpaired) electrons. The van der Waals surface area contributed by atoms with Crippen molar-refractivity contribution in [2.75, 3.05) is 19.6 Å². The molecule has 3 saturated heterocycles. The number of carbonyl (C=O) groups excluding carboxylic acids is 2. The van der Waals surface area contributed by atoms with Gasteiger partial charge in [0.15, 0.2) is 0 Å². The first-order chi connectivity index (χ1) is 11.7. The molecule has 0 spiro atoms. The van der Waals surface area contributed by atoms with Crippen molar-refractivity contribution in [3.8, 4) is 0 Å². The van der Waals surface area contributed by atoms with E-state index in [1.807, 2.05) is 35.2 Å². The predicted octanol–water partition coefficient (Wildman–Crippen LogP) is 2.07. The first kappa shape index (κ1) is 18.2. The highest BCUT2D eigenvalue weighted by atomic mass is 35.5. The second kappa shape index (κ2) is 7.75. The van der Waals surface area contributed by atoms with Gasteiger partial charge in [0.2, 0.25) is 5.91 Å². The zero-order chi connectivity index (χ0) is 16.5. The van der Waals surface area contributed by atoms with E-state index in [0.717, 1.165) is 38.8 Å². The first-order valence-electron chi connectivity index (χ1n) is 9.13. The lowest BCUT2D eigenvalue weighted by molar-refractivity contribution is -0.135. The van der Waals surface area contributed by atoms with Gasteiger partial charge >= 0.3 is 0 Å². The number of fused-ring (bicyclic) bond motifs is 2. The van der Waals surface area contributed by atoms with Crippen LogP contribution in [0.2, 0.25) is 0 Å². The molecule has 6 heteroatoms. The minimum absolute atomic E-state index is 0. The molecule has 3 heterocycles. The van der Waals surface area contributed by atoms with Crippen molar-refractivity contribution in [2.24, 2.45) is 0 Å². The lowest BCUT2D eigenvalue weighted by Gasteiger charge is -2.31. The average Bonchev–Trinajstić information content (AvgIpc) is 3.21. The number of halogens is 1. The highest BCUT2D eigenvalue weighted by Crippen LogP contribution is 2.25. The van der Waals surface area contributed by atoms with Gasteiger partial charge in [-0.2, -0.15) is 0 Å². The minimum atomic E-state index is -0.283. The van der Waals surface area contributed by atoms with Gasteiger partial charge in [0.25, 0.3) is 5.91 Å². The summed E-state index contributed by atoms with van der Waals surface area (Å²) in [5.41, 5.74) is 0.675. The van der Waals surface area contributed by atoms with Crippen molar-refractivity contribution >= 4 is 24.2 Å². The van der Waals surface area contributed by atoms with Crippen molar-refractivity contribution in [3.63, 3.8) is 0 Å². The maximum atomic E-state index is 13.1. The van der Waals surface area contributed by atoms with Gasteiger partial charge in [-0.05, 0) is 44.2 Å². The SMILES string of the molecule is Cl.O=C(C1CCCN1C(=O)c1ccccc1)N1CCC2CCC(C1)N2. The third-order valence-corrected chi connectivity index (χ3v) is 5.65. The molecule has 2 amide bonds. The summed E-state index contributed by atoms with van der Waals surface area (Å²) in [5.74, 6) is 0.132. The maximum absolute atomic E-state index is 13.1. The van der Waals surface area contributed by atoms with Gasteiger partial charge in [-0.1, -0.05) is 18.2 Å². The molecule has 1 N–H and O–H groups in total. The molecule has 25 heavy (non-hydrogen) atoms. The summed E-state index contributed by atoms with van der Waals surface area (Å²) in [6.07, 6.45) is 5.12. The summed E-state index contributed by atoms with van der Waals surface area (Å²) < 4.78 is 0. The molecule has 0 aromatic heterocycles. The molecule has 3 fully saturated rings. The molecule has 136 valence electrons. The summed E-state index contributed by atoms with van der Waals surface area (Å²) in [6, 6.07) is 10.0. The first-order valence-corrected chi connectivity index (χ1v) is 9.13. The third-order valence-electron chi connectivity index (χ3n) is 5.65. The van der Waals surface area contributed by atoms with E-state index < -0.39 is 0 Å². The van der Waals surface area contributed by atoms with Crippen molar-refractivity contribution < 1.29 is 9.59 Å². The number of hydrogen-bond donors (Lipinski definition) is 1. The van der Waals surface area contributed by atoms with E-state index in [9.17, 15) is 9.59 Å². The van der Waals surface area contributed by atoms with E-state index in [0.29, 0.717) is 24.2 Å². The highest BCUT2D eigenvalue weighted by Gasteiger charge is 2.39. The van der Waals surface area contributed by atoms with E-state index in [-0.39, 0.29) is 30.3 Å². The fraction of sp³-hybridized carbons (Fsp3) is 0.579. The number of hydrogen-bond acceptors (Lipinski definition) is 3. The lowest BCUT2D eigenvalue weighted by Crippen LogP contribution is -2.50. The Morgan fingerprint density at radius 2 is 1.72 bits per heavy atom. The van der Waals surface area contributed by atoms with Crippen LogP contribution in [0.25, 0.3) is 0 Å². The average molecular weight is 364 g/mol. The molecule has 3 unspecified atom stereocenters. The number of rotatable bonds is 2. The van der Waals surface area contributed by atoms with Gasteiger partial charge < -0.3 is 15.1 Å². The van der Waals surface area contributed by atoms with Crippen molar-refractivity contribution in [1.82, 2.24) is 15.1 Å². The summed E-state index contributed by atoms with van der Waals surface area (Å²) in [4.78, 5) is 29.6. The molecule has 5 nitrogen and oxygen atoms in total. The Hall–Kier alpha value is -1.59. The monoisotopic (exact) mass is 363 g/mol. The van der Waals surface area contributed by atoms with Crippen molar-refractivity contribution in [3.05, 3.63) is 35.9 Å². The number of nitrogens with one attached hydrogen (secondary N) is 1. The number of nitrogens with zero attached hydrogens (tertiary/aromatic N) is 2. The summed E-state index contributed by atoms with van der Waals surface area (Å²) in [5, 5.41) is 3.61. The molecule has 3 aliphatic rings. The molecule has 1 aromatic carbocycles. The molecule has 0 saturated carbocycles. The topological polar surface area (TPSA) is 52.7 Å². The van der Waals surface area contributed by atoms with Crippen LogP contribution in [0, 0.1) is 0 Å². The second-order valence-corrected chi connectivity index (χ2v) is 7.23. The summed E-state index contributed by atoms with van der Waals surface area (Å²) in [6.45, 7) is 2.29. The van der Waals surface area contributed by atoms with Gasteiger partial charge in [0.05, 0.1) is 0 Å². The van der Waals surface area contributed by atoms with Gasteiger partial charge in [-0.15, -0.1) is 12.4 Å². The highest BCUT2D eigenvalue weighted by molar-refractivity contribution is 5.98. The van der Waals surface area contributed by atoms with Crippen LogP contribution in [0.15, 0.2) is 30.3 Å². The van der Waals surface area contributed by atoms with E-state index in [1.54, 1.807) is 4.90 Å². The quantitative estimate of drug-likeness (QED) is 0.875. The van der Waals surface area contributed by atoms with Gasteiger partial charge in [-0.25, -0.2) is 0 Å². The lowest BCUT2D eigenvalue weighted by atomic mass is 10.1. The smallest absolute Gasteiger partial charge is 0.254 e. The van der Waals surface area contributed by atoms with Crippen LogP contribution in [0.3, 0.4) is 0 Å². The molecular weight excluding hydrogens is 338 g/mol. The zero-order valence-electron chi connectivity index (χ0n) is 14.4. The van der Waals surface area contributed by atoms with Crippen molar-refractivity contribution in [2.45, 2.75) is 50.2 Å². The standard InChI is InChI=1S/C19H25N3O2.ClH/c23-18(14-5-2-1-3-6-14)22-11-4-7-17(22)19(24)21-12-10-15-8-9-16(13-21)20-15;/h1-3,5-6,15-17,20H,4,7-13H2;1H. The van der Waals surface area contributed by atoms with Crippen molar-refractivity contribution in [1.29, 1.82) is 0 Å². The summed E-state index contributed by atoms with van der Waals surface area (Å²) in [7, 11) is 0. The Bertz CT molecular complexity index is 624. The van der Waals surface area contributed by atoms with E-state index in [1.165, 1.54) is 6.42 Å². The van der Waals surface area contributed by atoms with Crippen LogP contribution in [0.4, 0.5) is 0 Å². The van der Waals surface area contributed by atoms with Crippen LogP contribution in [-0.2, 0) is 4.79 Å². The molecule has 1 aromatic rings. The van der Waals surface area contributed by atoms with Crippen LogP contribution < -0.4 is 5.32 Å². The fourth-order valence-corrected chi connectivity index (χ4v) is 4.37. The number of benzene rings is 1. The number of carbonyl (C=O) groups is 2. The molecule has 4 rings (SSSR count). The fourth-order valence-electron chi connectivity index (χ4n) is 4.37. The van der Waals surface area contributed by atoms with E-state index in [4.69, 9.17) is 0 Å². The molecular formula is C19H26ClN3O2. The van der Waals surface area contributed by atoms with E-state index in [2.05, 4.69) is 5.32 Å². The molecule has 3 atom stereocenters. The Labute approximate surface area is 155 Å². The molecule has 0 aliphatic carbocycles. The van der Waals surface area contributed by atoms with Crippen LogP contribution in [0.5, 0.6) is 0 Å². The second-order valence-electron chi connectivity index (χ2n) is 7.23. The van der Waals surface area contributed by atoms with Crippen LogP contribution >= 0.6 is 12.4 Å². The van der Waals surface area contributed by atoms with Gasteiger partial charge in [0, 0.05) is 37.3 Å². The zero-order valence-corrected chi connectivity index (χ0v) is 15.2. The maximum Gasteiger partial charge on any atom is 0.254 e. The van der Waals surface area contributed by atoms with Gasteiger partial charge in [0.1, 0.15) is 6.04 Å². The Morgan fingerprint density at radius 3 is 2.52 bits per heavy atom. The normalized spacial score (nSPS) is 28.4. The van der Waals surface area contributed by atoms with Gasteiger partial charge in [-0.3, -0.25) is 9.59 Å². The van der Waals surface area contributed by atoms with Crippen LogP contribution in [-0.4, -0.2) is 59.4 Å². The minimum Gasteiger partial charge on any atom is -0.339 e. The Morgan fingerprint density at radius 1 is 0.960 bits per heavy atom. The number of amides is 2. The number of likely N-dealkylation sites (tertiary alicyclic amines) is 2. The molecule has 2 bridgehead atoms. The summed E-state index contributed by atoms with van der Waals surface area (Å²) >= 11 is 0.